The Morgan fingerprint density at radius 2 is 1.98 bits per heavy atom. The number of aromatic nitrogens is 5. The Bertz CT molecular complexity index is 2480. The summed E-state index contributed by atoms with van der Waals surface area (Å²) in [5, 5.41) is 1.24. The van der Waals surface area contributed by atoms with Crippen LogP contribution in [0.1, 0.15) is 42.0 Å². The molecule has 8 rings (SSSR count). The first-order valence-corrected chi connectivity index (χ1v) is 18.5. The van der Waals surface area contributed by atoms with Crippen molar-refractivity contribution in [2.24, 2.45) is 0 Å². The number of hydrogen-bond donors (Lipinski definition) is 0. The predicted octanol–water partition coefficient (Wildman–Crippen LogP) is 6.12. The number of piperazine rings is 1. The molecular weight excluding hydrogens is 720 g/mol. The first-order valence-electron chi connectivity index (χ1n) is 18.5. The van der Waals surface area contributed by atoms with E-state index in [1.165, 1.54) is 18.3 Å². The van der Waals surface area contributed by atoms with E-state index in [4.69, 9.17) is 22.7 Å². The van der Waals surface area contributed by atoms with E-state index >= 15 is 4.39 Å². The number of aryl methyl sites for hydroxylation is 2. The molecule has 14 heteroatoms. The molecule has 56 heavy (non-hydrogen) atoms. The second kappa shape index (κ2) is 14.8. The normalized spacial score (nSPS) is 21.1. The fraction of sp³-hybridized carbons (Fsp3) is 0.357. The molecule has 3 aliphatic rings. The zero-order chi connectivity index (χ0) is 39.1. The molecule has 0 unspecified atom stereocenters. The third-order valence-electron chi connectivity index (χ3n) is 11.0. The maximum atomic E-state index is 17.1. The minimum Gasteiger partial charge on any atom is -0.461 e. The van der Waals surface area contributed by atoms with Crippen molar-refractivity contribution in [1.29, 1.82) is 0 Å². The van der Waals surface area contributed by atoms with Crippen molar-refractivity contribution in [2.45, 2.75) is 50.9 Å². The number of amides is 1. The molecule has 2 aromatic carbocycles. The van der Waals surface area contributed by atoms with Crippen LogP contribution in [-0.2, 0) is 4.79 Å². The molecular formula is C42H38F3N9O2. The van der Waals surface area contributed by atoms with Gasteiger partial charge < -0.3 is 19.4 Å². The average molecular weight is 758 g/mol. The number of halogens is 3. The number of carbonyl (C=O) groups is 1. The fourth-order valence-corrected chi connectivity index (χ4v) is 8.54. The summed E-state index contributed by atoms with van der Waals surface area (Å²) in [4.78, 5) is 45.4. The molecule has 3 saturated heterocycles. The molecule has 3 atom stereocenters. The van der Waals surface area contributed by atoms with E-state index in [9.17, 15) is 13.6 Å². The van der Waals surface area contributed by atoms with Crippen LogP contribution >= 0.6 is 0 Å². The van der Waals surface area contributed by atoms with Gasteiger partial charge in [0.1, 0.15) is 47.5 Å². The van der Waals surface area contributed by atoms with Crippen molar-refractivity contribution in [1.82, 2.24) is 34.7 Å². The first-order chi connectivity index (χ1) is 27.1. The van der Waals surface area contributed by atoms with Gasteiger partial charge in [0, 0.05) is 61.5 Å². The molecule has 3 fully saturated rings. The summed E-state index contributed by atoms with van der Waals surface area (Å²) in [5.74, 6) is 1.64. The van der Waals surface area contributed by atoms with Gasteiger partial charge in [-0.05, 0) is 56.8 Å². The summed E-state index contributed by atoms with van der Waals surface area (Å²) in [7, 11) is 0. The van der Waals surface area contributed by atoms with E-state index in [0.29, 0.717) is 53.2 Å². The summed E-state index contributed by atoms with van der Waals surface area (Å²) in [6.45, 7) is 13.3. The summed E-state index contributed by atoms with van der Waals surface area (Å²) in [6.07, 6.45) is 11.3. The number of carbonyl (C=O) groups excluding carboxylic acids is 1. The molecule has 0 radical (unpaired) electrons. The number of anilines is 1. The van der Waals surface area contributed by atoms with Gasteiger partial charge in [-0.25, -0.2) is 29.7 Å². The Morgan fingerprint density at radius 1 is 1.12 bits per heavy atom. The lowest BCUT2D eigenvalue weighted by Gasteiger charge is -2.39. The van der Waals surface area contributed by atoms with Crippen molar-refractivity contribution in [2.75, 3.05) is 50.8 Å². The SMILES string of the molecule is [C-]#[N+]C[C@H]1CN(c2nc(OC[C@@]34CCCN3C[C@H](F)C4)nc3c(F)c(-c4cccc5ccc(F)c(C#C)c45)ncc23)CCN1C(=O)/C=C/c1cc(C)nc(C)n1. The molecule has 284 valence electrons. The molecule has 3 aliphatic heterocycles. The second-order valence-corrected chi connectivity index (χ2v) is 14.6. The molecule has 0 N–H and O–H groups in total. The Hall–Kier alpha value is -6.12. The van der Waals surface area contributed by atoms with E-state index in [-0.39, 0.29) is 60.3 Å². The zero-order valence-corrected chi connectivity index (χ0v) is 31.0. The van der Waals surface area contributed by atoms with Crippen LogP contribution in [0, 0.1) is 44.4 Å². The number of terminal acetylenes is 1. The zero-order valence-electron chi connectivity index (χ0n) is 31.0. The highest BCUT2D eigenvalue weighted by atomic mass is 19.1. The van der Waals surface area contributed by atoms with Crippen LogP contribution in [0.2, 0.25) is 0 Å². The molecule has 3 aromatic heterocycles. The molecule has 5 aromatic rings. The lowest BCUT2D eigenvalue weighted by atomic mass is 9.95. The van der Waals surface area contributed by atoms with Gasteiger partial charge >= 0.3 is 6.01 Å². The third kappa shape index (κ3) is 6.75. The number of alkyl halides is 1. The standard InChI is InChI=1S/C42H38F3N9O2/c1-5-31-34(44)12-10-27-8-6-9-32(36(27)31)38-37(45)39-33(21-47-38)40(51-41(50-39)56-24-42-14-7-15-53(42)22-28(43)19-42)52-16-17-54(30(23-52)20-46-4)35(55)13-11-29-18-25(2)48-26(3)49-29/h1,6,8-13,18,21,28,30H,7,14-17,19-20,22-24H2,2-3H3/b13-11+/t28-,30+,42+/m1/s1. The second-order valence-electron chi connectivity index (χ2n) is 14.6. The number of rotatable bonds is 8. The summed E-state index contributed by atoms with van der Waals surface area (Å²) >= 11 is 0. The number of hydrogen-bond acceptors (Lipinski definition) is 9. The Morgan fingerprint density at radius 3 is 2.79 bits per heavy atom. The van der Waals surface area contributed by atoms with E-state index in [1.54, 1.807) is 48.2 Å². The molecule has 0 saturated carbocycles. The lowest BCUT2D eigenvalue weighted by Crippen LogP contribution is -2.56. The van der Waals surface area contributed by atoms with Crippen LogP contribution in [-0.4, -0.2) is 104 Å². The van der Waals surface area contributed by atoms with Gasteiger partial charge in [-0.15, -0.1) is 6.42 Å². The Labute approximate surface area is 322 Å². The molecule has 0 aliphatic carbocycles. The van der Waals surface area contributed by atoms with Crippen LogP contribution in [0.25, 0.3) is 43.9 Å². The monoisotopic (exact) mass is 757 g/mol. The maximum Gasteiger partial charge on any atom is 0.319 e. The minimum absolute atomic E-state index is 0.00900. The van der Waals surface area contributed by atoms with Crippen molar-refractivity contribution in [3.63, 3.8) is 0 Å². The smallest absolute Gasteiger partial charge is 0.319 e. The van der Waals surface area contributed by atoms with Crippen molar-refractivity contribution >= 4 is 39.5 Å². The van der Waals surface area contributed by atoms with Gasteiger partial charge in [-0.2, -0.15) is 9.97 Å². The highest BCUT2D eigenvalue weighted by molar-refractivity contribution is 6.02. The third-order valence-corrected chi connectivity index (χ3v) is 11.0. The van der Waals surface area contributed by atoms with Crippen LogP contribution in [0.3, 0.4) is 0 Å². The number of fused-ring (bicyclic) bond motifs is 3. The van der Waals surface area contributed by atoms with E-state index in [2.05, 4.69) is 35.6 Å². The highest BCUT2D eigenvalue weighted by Crippen LogP contribution is 2.41. The van der Waals surface area contributed by atoms with Gasteiger partial charge in [-0.1, -0.05) is 30.2 Å². The maximum absolute atomic E-state index is 17.1. The topological polar surface area (TPSA) is 105 Å². The van der Waals surface area contributed by atoms with E-state index < -0.39 is 29.4 Å². The Kier molecular flexibility index (Phi) is 9.77. The van der Waals surface area contributed by atoms with Crippen molar-refractivity contribution in [3.8, 4) is 29.6 Å². The average Bonchev–Trinajstić information content (AvgIpc) is 3.71. The van der Waals surface area contributed by atoms with Crippen molar-refractivity contribution in [3.05, 3.63) is 94.5 Å². The molecule has 6 heterocycles. The van der Waals surface area contributed by atoms with Crippen LogP contribution in [0.5, 0.6) is 6.01 Å². The number of ether oxygens (including phenoxy) is 1. The van der Waals surface area contributed by atoms with Gasteiger partial charge in [0.15, 0.2) is 5.82 Å². The minimum atomic E-state index is -0.973. The molecule has 11 nitrogen and oxygen atoms in total. The number of pyridine rings is 1. The molecule has 0 spiro atoms. The van der Waals surface area contributed by atoms with Gasteiger partial charge in [0.25, 0.3) is 0 Å². The largest absolute Gasteiger partial charge is 0.461 e. The highest BCUT2D eigenvalue weighted by Gasteiger charge is 2.49. The van der Waals surface area contributed by atoms with Crippen LogP contribution < -0.4 is 9.64 Å². The van der Waals surface area contributed by atoms with Crippen molar-refractivity contribution < 1.29 is 22.7 Å². The summed E-state index contributed by atoms with van der Waals surface area (Å²) < 4.78 is 52.9. The summed E-state index contributed by atoms with van der Waals surface area (Å²) in [5.41, 5.74) is 0.983. The Balaban J connectivity index is 1.18. The first kappa shape index (κ1) is 36.8. The van der Waals surface area contributed by atoms with Crippen LogP contribution in [0.4, 0.5) is 19.0 Å². The lowest BCUT2D eigenvalue weighted by molar-refractivity contribution is -0.128. The van der Waals surface area contributed by atoms with Gasteiger partial charge in [0.2, 0.25) is 12.5 Å². The van der Waals surface area contributed by atoms with E-state index in [1.807, 2.05) is 11.8 Å². The number of benzene rings is 2. The predicted molar refractivity (Wildman–Crippen MR) is 206 cm³/mol. The fourth-order valence-electron chi connectivity index (χ4n) is 8.54. The quantitative estimate of drug-likeness (QED) is 0.105. The van der Waals surface area contributed by atoms with Gasteiger partial charge in [0.05, 0.1) is 22.2 Å². The van der Waals surface area contributed by atoms with E-state index in [0.717, 1.165) is 25.1 Å². The number of nitrogens with zero attached hydrogens (tertiary/aromatic N) is 9. The molecule has 0 bridgehead atoms. The molecule has 1 amide bonds. The van der Waals surface area contributed by atoms with Crippen LogP contribution in [0.15, 0.2) is 48.7 Å². The van der Waals surface area contributed by atoms with Gasteiger partial charge in [-0.3, -0.25) is 14.7 Å². The summed E-state index contributed by atoms with van der Waals surface area (Å²) in [6, 6.07) is 9.12.